The Balaban J connectivity index is 1.45. The number of nitrogens with zero attached hydrogens (tertiary/aromatic N) is 1. The molecule has 5 rings (SSSR count). The fourth-order valence-corrected chi connectivity index (χ4v) is 5.25. The van der Waals surface area contributed by atoms with Gasteiger partial charge in [-0.1, -0.05) is 72.0 Å². The zero-order valence-corrected chi connectivity index (χ0v) is 22.4. The minimum absolute atomic E-state index is 0.0156. The first kappa shape index (κ1) is 26.7. The molecule has 1 N–H and O–H groups in total. The van der Waals surface area contributed by atoms with Crippen molar-refractivity contribution in [2.24, 2.45) is 0 Å². The fourth-order valence-electron chi connectivity index (χ4n) is 5.25. The third-order valence-corrected chi connectivity index (χ3v) is 7.52. The summed E-state index contributed by atoms with van der Waals surface area (Å²) < 4.78 is 11.4. The Labute approximate surface area is 229 Å². The van der Waals surface area contributed by atoms with Crippen molar-refractivity contribution in [3.63, 3.8) is 0 Å². The third-order valence-electron chi connectivity index (χ3n) is 7.52. The first-order chi connectivity index (χ1) is 18.9. The Hall–Kier alpha value is -3.94. The quantitative estimate of drug-likeness (QED) is 0.276. The topological polar surface area (TPSA) is 83.3 Å². The molecule has 1 amide bonds. The molecule has 1 unspecified atom stereocenters. The molecule has 2 saturated heterocycles. The second kappa shape index (κ2) is 11.8. The van der Waals surface area contributed by atoms with Crippen molar-refractivity contribution in [3.05, 3.63) is 106 Å². The zero-order valence-electron chi connectivity index (χ0n) is 22.4. The van der Waals surface area contributed by atoms with Crippen LogP contribution in [0.1, 0.15) is 33.9 Å². The lowest BCUT2D eigenvalue weighted by atomic mass is 9.93. The molecule has 2 aliphatic heterocycles. The summed E-state index contributed by atoms with van der Waals surface area (Å²) in [6, 6.07) is 22.1. The zero-order chi connectivity index (χ0) is 27.4. The van der Waals surface area contributed by atoms with Gasteiger partial charge in [0.25, 0.3) is 5.91 Å². The van der Waals surface area contributed by atoms with E-state index in [2.05, 4.69) is 0 Å². The van der Waals surface area contributed by atoms with Crippen molar-refractivity contribution >= 4 is 17.4 Å². The summed E-state index contributed by atoms with van der Waals surface area (Å²) in [5.41, 5.74) is 3.98. The van der Waals surface area contributed by atoms with E-state index in [0.717, 1.165) is 29.8 Å². The molecule has 0 aromatic heterocycles. The number of Topliss-reactive ketones (excluding diaryl/α,β-unsaturated/α-hetero) is 1. The Kier molecular flexibility index (Phi) is 8.10. The average molecular weight is 527 g/mol. The highest BCUT2D eigenvalue weighted by Gasteiger charge is 2.44. The number of aryl methyl sites for hydroxylation is 2. The van der Waals surface area contributed by atoms with E-state index < -0.39 is 23.5 Å². The van der Waals surface area contributed by atoms with Crippen LogP contribution in [0.15, 0.2) is 78.4 Å². The lowest BCUT2D eigenvalue weighted by Crippen LogP contribution is -3.14. The lowest BCUT2D eigenvalue weighted by Gasteiger charge is -2.30. The lowest BCUT2D eigenvalue weighted by molar-refractivity contribution is -0.907. The van der Waals surface area contributed by atoms with Crippen molar-refractivity contribution in [2.45, 2.75) is 26.5 Å². The summed E-state index contributed by atoms with van der Waals surface area (Å²) in [6.07, 6.45) is 0. The van der Waals surface area contributed by atoms with Crippen LogP contribution in [0.5, 0.6) is 5.75 Å². The summed E-state index contributed by atoms with van der Waals surface area (Å²) in [6.45, 7) is 8.39. The van der Waals surface area contributed by atoms with Crippen molar-refractivity contribution in [3.8, 4) is 5.75 Å². The van der Waals surface area contributed by atoms with E-state index in [4.69, 9.17) is 9.47 Å². The number of likely N-dealkylation sites (tertiary alicyclic amines) is 1. The maximum Gasteiger partial charge on any atom is 0.295 e. The van der Waals surface area contributed by atoms with Crippen LogP contribution >= 0.6 is 0 Å². The minimum atomic E-state index is -0.716. The van der Waals surface area contributed by atoms with Crippen LogP contribution in [0.3, 0.4) is 0 Å². The van der Waals surface area contributed by atoms with Crippen LogP contribution in [0, 0.1) is 13.8 Å². The SMILES string of the molecule is Cc1ccc(C2C(=C([O-])c3ccc(OCc4ccccc4)cc3C)C(=O)C(=O)N2CC[NH+]2CCOCC2)cc1. The van der Waals surface area contributed by atoms with Crippen molar-refractivity contribution < 1.29 is 29.1 Å². The number of amides is 1. The van der Waals surface area contributed by atoms with E-state index in [9.17, 15) is 14.7 Å². The van der Waals surface area contributed by atoms with Gasteiger partial charge in [0.15, 0.2) is 0 Å². The number of hydrogen-bond donors (Lipinski definition) is 1. The molecule has 2 aliphatic rings. The molecule has 0 spiro atoms. The Morgan fingerprint density at radius 3 is 2.41 bits per heavy atom. The van der Waals surface area contributed by atoms with Crippen LogP contribution in [-0.2, 0) is 20.9 Å². The Morgan fingerprint density at radius 2 is 1.72 bits per heavy atom. The number of nitrogens with one attached hydrogen (secondary N) is 1. The summed E-state index contributed by atoms with van der Waals surface area (Å²) in [5, 5.41) is 13.9. The molecule has 0 saturated carbocycles. The van der Waals surface area contributed by atoms with Crippen molar-refractivity contribution in [2.75, 3.05) is 39.4 Å². The van der Waals surface area contributed by atoms with Gasteiger partial charge in [-0.05, 0) is 48.2 Å². The summed E-state index contributed by atoms with van der Waals surface area (Å²) in [5.74, 6) is -1.10. The van der Waals surface area contributed by atoms with E-state index in [1.165, 1.54) is 4.90 Å². The summed E-state index contributed by atoms with van der Waals surface area (Å²) in [4.78, 5) is 29.6. The molecule has 39 heavy (non-hydrogen) atoms. The van der Waals surface area contributed by atoms with E-state index in [0.29, 0.717) is 49.8 Å². The Bertz CT molecular complexity index is 1360. The standard InChI is InChI=1S/C32H34N2O5/c1-22-8-10-25(11-9-22)29-28(31(36)32(37)34(29)15-14-33-16-18-38-19-17-33)30(35)27-13-12-26(20-23(27)2)39-21-24-6-4-3-5-7-24/h3-13,20,29,35H,14-19,21H2,1-2H3. The number of morpholine rings is 1. The summed E-state index contributed by atoms with van der Waals surface area (Å²) >= 11 is 0. The largest absolute Gasteiger partial charge is 0.872 e. The van der Waals surface area contributed by atoms with Gasteiger partial charge in [-0.3, -0.25) is 9.59 Å². The van der Waals surface area contributed by atoms with Gasteiger partial charge in [0.2, 0.25) is 5.78 Å². The molecule has 0 bridgehead atoms. The maximum absolute atomic E-state index is 13.9. The van der Waals surface area contributed by atoms with Gasteiger partial charge in [0, 0.05) is 5.57 Å². The van der Waals surface area contributed by atoms with Gasteiger partial charge in [-0.15, -0.1) is 0 Å². The Morgan fingerprint density at radius 1 is 1.00 bits per heavy atom. The molecular weight excluding hydrogens is 492 g/mol. The second-order valence-electron chi connectivity index (χ2n) is 10.2. The van der Waals surface area contributed by atoms with Gasteiger partial charge >= 0.3 is 0 Å². The molecule has 2 heterocycles. The number of ether oxygens (including phenoxy) is 2. The number of quaternary nitrogens is 1. The minimum Gasteiger partial charge on any atom is -0.872 e. The molecule has 3 aromatic rings. The van der Waals surface area contributed by atoms with Gasteiger partial charge in [0.1, 0.15) is 25.4 Å². The van der Waals surface area contributed by atoms with Crippen molar-refractivity contribution in [1.82, 2.24) is 4.90 Å². The first-order valence-corrected chi connectivity index (χ1v) is 13.4. The molecule has 2 fully saturated rings. The maximum atomic E-state index is 13.9. The molecule has 0 aliphatic carbocycles. The van der Waals surface area contributed by atoms with Gasteiger partial charge < -0.3 is 24.4 Å². The van der Waals surface area contributed by atoms with Crippen LogP contribution in [-0.4, -0.2) is 56.0 Å². The van der Waals surface area contributed by atoms with Crippen LogP contribution < -0.4 is 14.7 Å². The highest BCUT2D eigenvalue weighted by Crippen LogP contribution is 2.39. The van der Waals surface area contributed by atoms with Gasteiger partial charge in [0.05, 0.1) is 32.3 Å². The predicted octanol–water partition coefficient (Wildman–Crippen LogP) is 2.02. The number of benzene rings is 3. The first-order valence-electron chi connectivity index (χ1n) is 13.4. The predicted molar refractivity (Wildman–Crippen MR) is 146 cm³/mol. The molecule has 7 nitrogen and oxygen atoms in total. The molecule has 1 atom stereocenters. The fraction of sp³-hybridized carbons (Fsp3) is 0.312. The molecule has 7 heteroatoms. The number of rotatable bonds is 8. The third kappa shape index (κ3) is 5.90. The molecule has 3 aromatic carbocycles. The van der Waals surface area contributed by atoms with Gasteiger partial charge in [-0.2, -0.15) is 0 Å². The normalized spacial score (nSPS) is 19.4. The van der Waals surface area contributed by atoms with E-state index in [1.54, 1.807) is 23.1 Å². The smallest absolute Gasteiger partial charge is 0.295 e. The number of carbonyl (C=O) groups is 2. The van der Waals surface area contributed by atoms with E-state index in [-0.39, 0.29) is 5.57 Å². The van der Waals surface area contributed by atoms with Crippen LogP contribution in [0.4, 0.5) is 0 Å². The summed E-state index contributed by atoms with van der Waals surface area (Å²) in [7, 11) is 0. The number of carbonyl (C=O) groups excluding carboxylic acids is 2. The molecule has 202 valence electrons. The average Bonchev–Trinajstić information content (AvgIpc) is 3.21. The second-order valence-corrected chi connectivity index (χ2v) is 10.2. The van der Waals surface area contributed by atoms with E-state index >= 15 is 0 Å². The highest BCUT2D eigenvalue weighted by molar-refractivity contribution is 6.46. The molecular formula is C32H34N2O5. The van der Waals surface area contributed by atoms with Crippen molar-refractivity contribution in [1.29, 1.82) is 0 Å². The van der Waals surface area contributed by atoms with Gasteiger partial charge in [-0.25, -0.2) is 0 Å². The number of hydrogen-bond acceptors (Lipinski definition) is 5. The molecule has 0 radical (unpaired) electrons. The highest BCUT2D eigenvalue weighted by atomic mass is 16.5. The van der Waals surface area contributed by atoms with Crippen LogP contribution in [0.2, 0.25) is 0 Å². The number of ketones is 1. The van der Waals surface area contributed by atoms with Crippen LogP contribution in [0.25, 0.3) is 5.76 Å². The monoisotopic (exact) mass is 526 g/mol. The van der Waals surface area contributed by atoms with E-state index in [1.807, 2.05) is 68.4 Å².